The summed E-state index contributed by atoms with van der Waals surface area (Å²) in [6, 6.07) is 8.21. The second-order valence-corrected chi connectivity index (χ2v) is 6.63. The first-order valence-electron chi connectivity index (χ1n) is 8.43. The lowest BCUT2D eigenvalue weighted by molar-refractivity contribution is -0.120. The molecule has 0 atom stereocenters. The molecular weight excluding hydrogens is 446 g/mol. The van der Waals surface area contributed by atoms with Crippen LogP contribution in [0, 0.1) is 0 Å². The van der Waals surface area contributed by atoms with E-state index in [1.165, 1.54) is 26.5 Å². The summed E-state index contributed by atoms with van der Waals surface area (Å²) in [5.41, 5.74) is 3.39. The number of methoxy groups -OCH3 is 2. The van der Waals surface area contributed by atoms with Crippen LogP contribution in [0.2, 0.25) is 0 Å². The predicted octanol–water partition coefficient (Wildman–Crippen LogP) is 2.08. The summed E-state index contributed by atoms with van der Waals surface area (Å²) in [6.07, 6.45) is 1.46. The Bertz CT molecular complexity index is 963. The maximum Gasteiger partial charge on any atom is 0.259 e. The van der Waals surface area contributed by atoms with Crippen molar-refractivity contribution in [2.45, 2.75) is 0 Å². The number of carbonyl (C=O) groups is 2. The fourth-order valence-corrected chi connectivity index (χ4v) is 2.91. The van der Waals surface area contributed by atoms with Gasteiger partial charge in [0.1, 0.15) is 0 Å². The molecule has 1 aliphatic heterocycles. The van der Waals surface area contributed by atoms with Crippen molar-refractivity contribution >= 4 is 34.0 Å². The van der Waals surface area contributed by atoms with E-state index in [-0.39, 0.29) is 13.3 Å². The third kappa shape index (κ3) is 4.96. The molecule has 1 aliphatic rings. The van der Waals surface area contributed by atoms with Crippen molar-refractivity contribution in [3.8, 4) is 23.0 Å². The van der Waals surface area contributed by atoms with Gasteiger partial charge in [-0.3, -0.25) is 9.59 Å². The highest BCUT2D eigenvalue weighted by Gasteiger charge is 2.16. The fraction of sp³-hybridized carbons (Fsp3) is 0.211. The summed E-state index contributed by atoms with van der Waals surface area (Å²) in [4.78, 5) is 24.1. The van der Waals surface area contributed by atoms with E-state index < -0.39 is 11.8 Å². The van der Waals surface area contributed by atoms with E-state index in [4.69, 9.17) is 18.9 Å². The summed E-state index contributed by atoms with van der Waals surface area (Å²) < 4.78 is 21.6. The third-order valence-electron chi connectivity index (χ3n) is 3.94. The topological polar surface area (TPSA) is 107 Å². The van der Waals surface area contributed by atoms with Gasteiger partial charge in [0.2, 0.25) is 6.79 Å². The van der Waals surface area contributed by atoms with E-state index in [1.54, 1.807) is 24.3 Å². The molecule has 2 aromatic rings. The van der Waals surface area contributed by atoms with Crippen molar-refractivity contribution in [2.24, 2.45) is 5.10 Å². The second-order valence-electron chi connectivity index (χ2n) is 5.77. The number of carbonyl (C=O) groups excluding carboxylic acids is 2. The minimum atomic E-state index is -0.480. The normalized spacial score (nSPS) is 12.0. The first-order chi connectivity index (χ1) is 14.0. The summed E-state index contributed by atoms with van der Waals surface area (Å²) in [5.74, 6) is 1.25. The molecule has 0 bridgehead atoms. The van der Waals surface area contributed by atoms with Gasteiger partial charge in [0.15, 0.2) is 23.0 Å². The molecule has 2 aromatic carbocycles. The molecule has 0 saturated heterocycles. The number of fused-ring (bicyclic) bond motifs is 1. The molecule has 2 N–H and O–H groups in total. The van der Waals surface area contributed by atoms with Crippen LogP contribution in [0.4, 0.5) is 0 Å². The average molecular weight is 464 g/mol. The van der Waals surface area contributed by atoms with Crippen molar-refractivity contribution in [3.63, 3.8) is 0 Å². The van der Waals surface area contributed by atoms with Crippen LogP contribution in [-0.2, 0) is 4.79 Å². The van der Waals surface area contributed by atoms with Crippen molar-refractivity contribution in [2.75, 3.05) is 27.6 Å². The molecule has 0 aromatic heterocycles. The van der Waals surface area contributed by atoms with E-state index in [1.807, 2.05) is 0 Å². The highest BCUT2D eigenvalue weighted by Crippen LogP contribution is 2.36. The Morgan fingerprint density at radius 2 is 1.86 bits per heavy atom. The van der Waals surface area contributed by atoms with Crippen molar-refractivity contribution in [1.82, 2.24) is 10.7 Å². The highest BCUT2D eigenvalue weighted by atomic mass is 79.9. The molecule has 0 unspecified atom stereocenters. The van der Waals surface area contributed by atoms with Crippen molar-refractivity contribution in [3.05, 3.63) is 45.9 Å². The molecule has 3 rings (SSSR count). The lowest BCUT2D eigenvalue weighted by atomic mass is 10.2. The number of hydrazone groups is 1. The number of nitrogens with zero attached hydrogens (tertiary/aromatic N) is 1. The largest absolute Gasteiger partial charge is 0.493 e. The Kier molecular flexibility index (Phi) is 6.55. The fourth-order valence-electron chi connectivity index (χ4n) is 2.49. The first-order valence-corrected chi connectivity index (χ1v) is 9.22. The van der Waals surface area contributed by atoms with E-state index in [9.17, 15) is 9.59 Å². The molecule has 2 amide bonds. The predicted molar refractivity (Wildman–Crippen MR) is 108 cm³/mol. The van der Waals surface area contributed by atoms with E-state index in [2.05, 4.69) is 31.8 Å². The Labute approximate surface area is 175 Å². The molecule has 29 heavy (non-hydrogen) atoms. The van der Waals surface area contributed by atoms with Crippen LogP contribution in [0.5, 0.6) is 23.0 Å². The van der Waals surface area contributed by atoms with Gasteiger partial charge in [-0.15, -0.1) is 0 Å². The summed E-state index contributed by atoms with van der Waals surface area (Å²) in [5, 5.41) is 6.40. The van der Waals surface area contributed by atoms with Gasteiger partial charge in [-0.05, 0) is 46.3 Å². The minimum Gasteiger partial charge on any atom is -0.493 e. The average Bonchev–Trinajstić information content (AvgIpc) is 3.18. The van der Waals surface area contributed by atoms with Gasteiger partial charge in [-0.2, -0.15) is 5.10 Å². The summed E-state index contributed by atoms with van der Waals surface area (Å²) >= 11 is 3.40. The first kappa shape index (κ1) is 20.5. The van der Waals surface area contributed by atoms with Gasteiger partial charge in [0.25, 0.3) is 11.8 Å². The van der Waals surface area contributed by atoms with Crippen LogP contribution in [-0.4, -0.2) is 45.6 Å². The Morgan fingerprint density at radius 3 is 2.59 bits per heavy atom. The van der Waals surface area contributed by atoms with E-state index in [0.717, 1.165) is 4.47 Å². The summed E-state index contributed by atoms with van der Waals surface area (Å²) in [6.45, 7) is -0.0777. The van der Waals surface area contributed by atoms with Crippen LogP contribution >= 0.6 is 15.9 Å². The van der Waals surface area contributed by atoms with Crippen LogP contribution in [0.25, 0.3) is 0 Å². The van der Waals surface area contributed by atoms with Gasteiger partial charge in [0, 0.05) is 15.6 Å². The SMILES string of the molecule is COc1ccc(C(=O)NCC(=O)NN=Cc2cc3c(cc2Br)OCO3)cc1OC. The third-order valence-corrected chi connectivity index (χ3v) is 4.63. The second kappa shape index (κ2) is 9.28. The molecule has 0 aliphatic carbocycles. The highest BCUT2D eigenvalue weighted by molar-refractivity contribution is 9.10. The summed E-state index contributed by atoms with van der Waals surface area (Å²) in [7, 11) is 2.98. The Morgan fingerprint density at radius 1 is 1.14 bits per heavy atom. The molecule has 10 heteroatoms. The van der Waals surface area contributed by atoms with Gasteiger partial charge in [-0.1, -0.05) is 0 Å². The zero-order chi connectivity index (χ0) is 20.8. The van der Waals surface area contributed by atoms with Crippen LogP contribution < -0.4 is 29.7 Å². The molecule has 0 saturated carbocycles. The smallest absolute Gasteiger partial charge is 0.259 e. The van der Waals surface area contributed by atoms with Gasteiger partial charge in [0.05, 0.1) is 27.0 Å². The molecule has 1 heterocycles. The lowest BCUT2D eigenvalue weighted by Crippen LogP contribution is -2.34. The molecule has 0 radical (unpaired) electrons. The Balaban J connectivity index is 1.52. The number of hydrogen-bond donors (Lipinski definition) is 2. The van der Waals surface area contributed by atoms with Crippen LogP contribution in [0.3, 0.4) is 0 Å². The molecule has 0 fully saturated rings. The number of nitrogens with one attached hydrogen (secondary N) is 2. The minimum absolute atomic E-state index is 0.166. The van der Waals surface area contributed by atoms with Crippen molar-refractivity contribution in [1.29, 1.82) is 0 Å². The monoisotopic (exact) mass is 463 g/mol. The molecule has 9 nitrogen and oxygen atoms in total. The molecule has 152 valence electrons. The van der Waals surface area contributed by atoms with Gasteiger partial charge >= 0.3 is 0 Å². The van der Waals surface area contributed by atoms with Crippen LogP contribution in [0.1, 0.15) is 15.9 Å². The molecule has 0 spiro atoms. The number of rotatable bonds is 7. The van der Waals surface area contributed by atoms with E-state index in [0.29, 0.717) is 34.1 Å². The number of hydrogen-bond acceptors (Lipinski definition) is 7. The van der Waals surface area contributed by atoms with E-state index >= 15 is 0 Å². The number of amides is 2. The van der Waals surface area contributed by atoms with Gasteiger partial charge in [-0.25, -0.2) is 5.43 Å². The molecular formula is C19H18BrN3O6. The number of benzene rings is 2. The Hall–Kier alpha value is -3.27. The van der Waals surface area contributed by atoms with Crippen LogP contribution in [0.15, 0.2) is 39.9 Å². The lowest BCUT2D eigenvalue weighted by Gasteiger charge is -2.09. The van der Waals surface area contributed by atoms with Gasteiger partial charge < -0.3 is 24.3 Å². The quantitative estimate of drug-likeness (QED) is 0.480. The zero-order valence-corrected chi connectivity index (χ0v) is 17.2. The van der Waals surface area contributed by atoms with Crippen molar-refractivity contribution < 1.29 is 28.5 Å². The maximum absolute atomic E-state index is 12.2. The zero-order valence-electron chi connectivity index (χ0n) is 15.7. The standard InChI is InChI=1S/C19H18BrN3O6/c1-26-14-4-3-11(5-15(14)27-2)19(25)21-9-18(24)23-22-8-12-6-16-17(7-13(12)20)29-10-28-16/h3-8H,9-10H2,1-2H3,(H,21,25)(H,23,24). The number of halogens is 1. The number of ether oxygens (including phenoxy) is 4. The maximum atomic E-state index is 12.2.